The number of ether oxygens (including phenoxy) is 1. The molecule has 3 aliphatic rings. The van der Waals surface area contributed by atoms with Crippen LogP contribution < -0.4 is 15.8 Å². The number of imide groups is 2. The summed E-state index contributed by atoms with van der Waals surface area (Å²) in [7, 11) is 0. The van der Waals surface area contributed by atoms with Crippen molar-refractivity contribution in [2.45, 2.75) is 81.2 Å². The number of unbranched alkanes of at least 4 members (excludes halogenated alkanes) is 4. The molecule has 0 radical (unpaired) electrons. The van der Waals surface area contributed by atoms with Crippen molar-refractivity contribution in [1.29, 1.82) is 0 Å². The number of thioether (sulfide) groups is 1. The highest BCUT2D eigenvalue weighted by Gasteiger charge is 2.46. The molecule has 2 atom stereocenters. The minimum atomic E-state index is -1.15. The molecule has 59 heavy (non-hydrogen) atoms. The number of anilines is 1. The average Bonchev–Trinajstić information content (AvgIpc) is 3.75. The van der Waals surface area contributed by atoms with E-state index < -0.39 is 35.5 Å². The third kappa shape index (κ3) is 8.40. The van der Waals surface area contributed by atoms with Crippen molar-refractivity contribution in [3.05, 3.63) is 90.0 Å². The number of halogens is 1. The fourth-order valence-electron chi connectivity index (χ4n) is 8.00. The number of benzene rings is 3. The van der Waals surface area contributed by atoms with E-state index in [0.29, 0.717) is 58.5 Å². The van der Waals surface area contributed by atoms with Crippen LogP contribution in [0.2, 0.25) is 0 Å². The van der Waals surface area contributed by atoms with Crippen LogP contribution in [-0.4, -0.2) is 84.0 Å². The highest BCUT2D eigenvalue weighted by Crippen LogP contribution is 2.36. The van der Waals surface area contributed by atoms with Gasteiger partial charge in [-0.1, -0.05) is 37.5 Å². The van der Waals surface area contributed by atoms with Crippen molar-refractivity contribution in [3.63, 3.8) is 0 Å². The number of likely N-dealkylation sites (tertiary alicyclic amines) is 1. The molecule has 3 aliphatic heterocycles. The lowest BCUT2D eigenvalue weighted by Crippen LogP contribution is -2.54. The first-order valence-electron chi connectivity index (χ1n) is 19.9. The maximum atomic E-state index is 15.1. The highest BCUT2D eigenvalue weighted by atomic mass is 32.2. The van der Waals surface area contributed by atoms with Gasteiger partial charge in [-0.25, -0.2) is 19.0 Å². The molecule has 0 spiro atoms. The molecule has 8 rings (SSSR count). The number of aromatic nitrogens is 4. The Hall–Kier alpha value is -6.16. The predicted octanol–water partition coefficient (Wildman–Crippen LogP) is 6.70. The third-order valence-electron chi connectivity index (χ3n) is 11.0. The molecule has 2 fully saturated rings. The first-order chi connectivity index (χ1) is 28.7. The van der Waals surface area contributed by atoms with E-state index in [9.17, 15) is 24.0 Å². The molecule has 5 heterocycles. The normalized spacial score (nSPS) is 18.1. The molecule has 2 saturated heterocycles. The van der Waals surface area contributed by atoms with Crippen molar-refractivity contribution in [1.82, 2.24) is 34.9 Å². The van der Waals surface area contributed by atoms with Gasteiger partial charge in [-0.2, -0.15) is 5.10 Å². The number of hydrogen-bond donors (Lipinski definition) is 2. The van der Waals surface area contributed by atoms with E-state index in [2.05, 4.69) is 15.3 Å². The molecule has 5 amide bonds. The molecule has 1 unspecified atom stereocenters. The minimum Gasteiger partial charge on any atom is -0.457 e. The second-order valence-corrected chi connectivity index (χ2v) is 16.1. The van der Waals surface area contributed by atoms with E-state index in [-0.39, 0.29) is 35.9 Å². The number of rotatable bonds is 14. The zero-order chi connectivity index (χ0) is 41.0. The summed E-state index contributed by atoms with van der Waals surface area (Å²) >= 11 is 1.40. The van der Waals surface area contributed by atoms with Gasteiger partial charge in [0.1, 0.15) is 41.2 Å². The van der Waals surface area contributed by atoms with E-state index in [1.54, 1.807) is 0 Å². The van der Waals surface area contributed by atoms with Crippen molar-refractivity contribution < 1.29 is 33.1 Å². The Morgan fingerprint density at radius 2 is 1.68 bits per heavy atom. The number of amides is 5. The minimum absolute atomic E-state index is 0.00728. The molecule has 0 bridgehead atoms. The molecular weight excluding hydrogens is 776 g/mol. The maximum Gasteiger partial charge on any atom is 0.265 e. The lowest BCUT2D eigenvalue weighted by Gasteiger charge is -2.33. The van der Waals surface area contributed by atoms with Gasteiger partial charge >= 0.3 is 0 Å². The molecule has 2 aromatic heterocycles. The van der Waals surface area contributed by atoms with Crippen LogP contribution in [0.25, 0.3) is 22.3 Å². The number of hydrogen-bond acceptors (Lipinski definition) is 11. The second-order valence-electron chi connectivity index (χ2n) is 15.0. The Kier molecular flexibility index (Phi) is 11.7. The van der Waals surface area contributed by atoms with Gasteiger partial charge in [-0.3, -0.25) is 34.2 Å². The van der Waals surface area contributed by atoms with Crippen molar-refractivity contribution in [2.75, 3.05) is 24.6 Å². The lowest BCUT2D eigenvalue weighted by atomic mass is 10.0. The zero-order valence-corrected chi connectivity index (χ0v) is 33.1. The van der Waals surface area contributed by atoms with Crippen LogP contribution in [0.4, 0.5) is 10.2 Å². The lowest BCUT2D eigenvalue weighted by molar-refractivity contribution is -0.136. The number of fused-ring (bicyclic) bond motifs is 2. The quantitative estimate of drug-likeness (QED) is 0.0691. The molecule has 3 aromatic carbocycles. The SMILES string of the molecule is Nc1ncnc2c1c(-c1ccc(Oc3ccccc3)cc1)nn2[C@@H]1CCCN(C(=O)CCCCCCCSc2cc(F)c3c(c2)C(=O)N(C2CCC(=O)NC2=O)C3=O)C1. The molecular formula is C43H43FN8O6S. The zero-order valence-electron chi connectivity index (χ0n) is 32.3. The number of nitrogens with two attached hydrogens (primary N) is 1. The van der Waals surface area contributed by atoms with E-state index in [1.807, 2.05) is 64.2 Å². The largest absolute Gasteiger partial charge is 0.457 e. The summed E-state index contributed by atoms with van der Waals surface area (Å²) < 4.78 is 23.0. The second kappa shape index (κ2) is 17.4. The topological polar surface area (TPSA) is 183 Å². The summed E-state index contributed by atoms with van der Waals surface area (Å²) in [6.45, 7) is 1.22. The van der Waals surface area contributed by atoms with Crippen molar-refractivity contribution in [2.24, 2.45) is 0 Å². The van der Waals surface area contributed by atoms with E-state index in [1.165, 1.54) is 30.2 Å². The Balaban J connectivity index is 0.799. The number of nitrogens with zero attached hydrogens (tertiary/aromatic N) is 6. The third-order valence-corrected chi connectivity index (χ3v) is 12.1. The van der Waals surface area contributed by atoms with Gasteiger partial charge in [-0.15, -0.1) is 11.8 Å². The summed E-state index contributed by atoms with van der Waals surface area (Å²) in [4.78, 5) is 75.4. The van der Waals surface area contributed by atoms with Gasteiger partial charge in [0.05, 0.1) is 22.6 Å². The van der Waals surface area contributed by atoms with Gasteiger partial charge in [0, 0.05) is 36.4 Å². The fourth-order valence-corrected chi connectivity index (χ4v) is 8.97. The number of piperidine rings is 2. The van der Waals surface area contributed by atoms with Crippen LogP contribution in [0, 0.1) is 5.82 Å². The maximum absolute atomic E-state index is 15.1. The van der Waals surface area contributed by atoms with Crippen LogP contribution in [0.15, 0.2) is 78.0 Å². The number of para-hydroxylation sites is 1. The van der Waals surface area contributed by atoms with Gasteiger partial charge < -0.3 is 15.4 Å². The summed E-state index contributed by atoms with van der Waals surface area (Å²) in [6, 6.07) is 18.8. The van der Waals surface area contributed by atoms with E-state index in [4.69, 9.17) is 15.6 Å². The smallest absolute Gasteiger partial charge is 0.265 e. The number of nitrogen functional groups attached to an aromatic ring is 1. The number of nitrogens with one attached hydrogen (secondary N) is 1. The molecule has 0 saturated carbocycles. The van der Waals surface area contributed by atoms with Crippen LogP contribution in [0.3, 0.4) is 0 Å². The molecule has 304 valence electrons. The molecule has 0 aliphatic carbocycles. The van der Waals surface area contributed by atoms with Gasteiger partial charge in [-0.05, 0) is 86.4 Å². The molecule has 14 nitrogen and oxygen atoms in total. The Morgan fingerprint density at radius 1 is 0.915 bits per heavy atom. The number of carbonyl (C=O) groups is 5. The molecule has 16 heteroatoms. The molecule has 5 aromatic rings. The van der Waals surface area contributed by atoms with Crippen molar-refractivity contribution in [3.8, 4) is 22.8 Å². The Morgan fingerprint density at radius 3 is 2.47 bits per heavy atom. The standard InChI is InChI=1S/C43H43FN8O6S/c44-32-23-30(22-31-36(32)43(57)51(42(31)56)33-18-19-34(53)48-41(33)55)59-21-8-3-1-2-7-13-35(54)50-20-9-10-27(24-50)52-40-37(39(45)46-25-47-40)38(49-52)26-14-16-29(17-15-26)58-28-11-5-4-6-12-28/h4-6,11-12,14-17,22-23,25,27,33H,1-3,7-10,13,18-21,24H2,(H2,45,46,47)(H,48,53,55)/t27-,33?/m1/s1. The summed E-state index contributed by atoms with van der Waals surface area (Å²) in [5, 5.41) is 7.84. The monoisotopic (exact) mass is 818 g/mol. The summed E-state index contributed by atoms with van der Waals surface area (Å²) in [5.41, 5.74) is 8.15. The predicted molar refractivity (Wildman–Crippen MR) is 218 cm³/mol. The van der Waals surface area contributed by atoms with Crippen LogP contribution in [0.1, 0.15) is 91.0 Å². The summed E-state index contributed by atoms with van der Waals surface area (Å²) in [5.74, 6) is -1.02. The van der Waals surface area contributed by atoms with E-state index >= 15 is 4.39 Å². The summed E-state index contributed by atoms with van der Waals surface area (Å²) in [6.07, 6.45) is 7.95. The molecule has 3 N–H and O–H groups in total. The highest BCUT2D eigenvalue weighted by molar-refractivity contribution is 7.99. The Labute approximate surface area is 343 Å². The van der Waals surface area contributed by atoms with E-state index in [0.717, 1.165) is 61.2 Å². The van der Waals surface area contributed by atoms with Crippen molar-refractivity contribution >= 4 is 58.1 Å². The van der Waals surface area contributed by atoms with Gasteiger partial charge in [0.25, 0.3) is 11.8 Å². The van der Waals surface area contributed by atoms with Gasteiger partial charge in [0.15, 0.2) is 5.65 Å². The average molecular weight is 819 g/mol. The fraction of sp³-hybridized carbons (Fsp3) is 0.349. The van der Waals surface area contributed by atoms with Crippen LogP contribution >= 0.6 is 11.8 Å². The Bertz CT molecular complexity index is 2430. The van der Waals surface area contributed by atoms with Crippen LogP contribution in [0.5, 0.6) is 11.5 Å². The first kappa shape index (κ1) is 39.7. The van der Waals surface area contributed by atoms with Crippen LogP contribution in [-0.2, 0) is 14.4 Å². The van der Waals surface area contributed by atoms with Gasteiger partial charge in [0.2, 0.25) is 17.7 Å². The number of carbonyl (C=O) groups excluding carboxylic acids is 5. The first-order valence-corrected chi connectivity index (χ1v) is 20.9.